The second-order valence-corrected chi connectivity index (χ2v) is 7.04. The van der Waals surface area contributed by atoms with Gasteiger partial charge in [0.1, 0.15) is 0 Å². The number of nitriles is 1. The molecule has 3 heteroatoms. The van der Waals surface area contributed by atoms with Crippen LogP contribution in [0.1, 0.15) is 45.5 Å². The average Bonchev–Trinajstić information content (AvgIpc) is 2.62. The van der Waals surface area contributed by atoms with Crippen LogP contribution in [0.4, 0.5) is 0 Å². The van der Waals surface area contributed by atoms with E-state index >= 15 is 0 Å². The highest BCUT2D eigenvalue weighted by Crippen LogP contribution is 2.24. The first kappa shape index (κ1) is 17.4. The highest BCUT2D eigenvalue weighted by atomic mass is 16.1. The summed E-state index contributed by atoms with van der Waals surface area (Å²) in [7, 11) is 0. The largest absolute Gasteiger partial charge is 0.299 e. The predicted octanol–water partition coefficient (Wildman–Crippen LogP) is 4.27. The van der Waals surface area contributed by atoms with Crippen molar-refractivity contribution in [3.63, 3.8) is 0 Å². The van der Waals surface area contributed by atoms with Crippen LogP contribution in [0.3, 0.4) is 0 Å². The minimum Gasteiger partial charge on any atom is -0.299 e. The predicted molar refractivity (Wildman–Crippen MR) is 99.4 cm³/mol. The Morgan fingerprint density at radius 2 is 1.80 bits per heavy atom. The summed E-state index contributed by atoms with van der Waals surface area (Å²) in [5.41, 5.74) is 5.09. The van der Waals surface area contributed by atoms with Gasteiger partial charge in [-0.2, -0.15) is 5.26 Å². The van der Waals surface area contributed by atoms with Gasteiger partial charge in [0.25, 0.3) is 0 Å². The Morgan fingerprint density at radius 3 is 2.40 bits per heavy atom. The van der Waals surface area contributed by atoms with E-state index in [1.807, 2.05) is 43.3 Å². The van der Waals surface area contributed by atoms with Gasteiger partial charge in [0, 0.05) is 18.0 Å². The molecule has 1 aliphatic rings. The zero-order valence-corrected chi connectivity index (χ0v) is 15.0. The molecule has 1 fully saturated rings. The van der Waals surface area contributed by atoms with Gasteiger partial charge in [-0.25, -0.2) is 0 Å². The Morgan fingerprint density at radius 1 is 1.12 bits per heavy atom. The van der Waals surface area contributed by atoms with Crippen molar-refractivity contribution >= 4 is 5.78 Å². The fourth-order valence-corrected chi connectivity index (χ4v) is 3.61. The van der Waals surface area contributed by atoms with E-state index in [-0.39, 0.29) is 5.92 Å². The van der Waals surface area contributed by atoms with Gasteiger partial charge >= 0.3 is 0 Å². The molecule has 128 valence electrons. The first-order valence-electron chi connectivity index (χ1n) is 8.89. The van der Waals surface area contributed by atoms with E-state index in [0.717, 1.165) is 43.6 Å². The van der Waals surface area contributed by atoms with Crippen molar-refractivity contribution in [1.82, 2.24) is 4.90 Å². The molecule has 2 aromatic rings. The van der Waals surface area contributed by atoms with Crippen molar-refractivity contribution in [2.75, 3.05) is 13.1 Å². The number of likely N-dealkylation sites (tertiary alicyclic amines) is 1. The lowest BCUT2D eigenvalue weighted by atomic mass is 9.87. The number of benzene rings is 2. The molecule has 3 nitrogen and oxygen atoms in total. The summed E-state index contributed by atoms with van der Waals surface area (Å²) < 4.78 is 0. The van der Waals surface area contributed by atoms with Crippen molar-refractivity contribution in [1.29, 1.82) is 5.26 Å². The van der Waals surface area contributed by atoms with Gasteiger partial charge in [-0.15, -0.1) is 0 Å². The number of carbonyl (C=O) groups excluding carboxylic acids is 1. The first-order valence-corrected chi connectivity index (χ1v) is 8.89. The summed E-state index contributed by atoms with van der Waals surface area (Å²) in [6, 6.07) is 16.0. The quantitative estimate of drug-likeness (QED) is 0.785. The summed E-state index contributed by atoms with van der Waals surface area (Å²) in [4.78, 5) is 15.2. The number of aryl methyl sites for hydroxylation is 2. The van der Waals surface area contributed by atoms with Crippen LogP contribution in [0.15, 0.2) is 42.5 Å². The maximum atomic E-state index is 12.8. The second-order valence-electron chi connectivity index (χ2n) is 7.04. The van der Waals surface area contributed by atoms with Crippen molar-refractivity contribution in [2.45, 2.75) is 33.2 Å². The first-order chi connectivity index (χ1) is 12.1. The molecule has 25 heavy (non-hydrogen) atoms. The second kappa shape index (κ2) is 7.63. The van der Waals surface area contributed by atoms with E-state index in [2.05, 4.69) is 24.0 Å². The molecule has 0 aromatic heterocycles. The van der Waals surface area contributed by atoms with Crippen molar-refractivity contribution in [2.24, 2.45) is 5.92 Å². The number of nitrogens with zero attached hydrogens (tertiary/aromatic N) is 2. The van der Waals surface area contributed by atoms with E-state index in [1.54, 1.807) is 0 Å². The highest BCUT2D eigenvalue weighted by molar-refractivity contribution is 5.99. The van der Waals surface area contributed by atoms with Crippen molar-refractivity contribution in [3.05, 3.63) is 70.3 Å². The lowest BCUT2D eigenvalue weighted by Crippen LogP contribution is -2.36. The molecule has 0 radical (unpaired) electrons. The van der Waals surface area contributed by atoms with E-state index in [4.69, 9.17) is 5.26 Å². The van der Waals surface area contributed by atoms with Crippen LogP contribution in [0.25, 0.3) is 0 Å². The molecule has 3 rings (SSSR count). The molecule has 0 N–H and O–H groups in total. The average molecular weight is 332 g/mol. The van der Waals surface area contributed by atoms with Gasteiger partial charge < -0.3 is 0 Å². The van der Waals surface area contributed by atoms with Gasteiger partial charge in [0.2, 0.25) is 0 Å². The van der Waals surface area contributed by atoms with Gasteiger partial charge in [-0.1, -0.05) is 35.9 Å². The monoisotopic (exact) mass is 332 g/mol. The van der Waals surface area contributed by atoms with Crippen LogP contribution >= 0.6 is 0 Å². The van der Waals surface area contributed by atoms with E-state index in [1.165, 1.54) is 11.1 Å². The molecule has 0 spiro atoms. The fourth-order valence-electron chi connectivity index (χ4n) is 3.61. The van der Waals surface area contributed by atoms with Crippen molar-refractivity contribution < 1.29 is 4.79 Å². The van der Waals surface area contributed by atoms with Crippen LogP contribution in [0.2, 0.25) is 0 Å². The van der Waals surface area contributed by atoms with Gasteiger partial charge in [-0.05, 0) is 63.0 Å². The van der Waals surface area contributed by atoms with Crippen LogP contribution < -0.4 is 0 Å². The Bertz CT molecular complexity index is 794. The third kappa shape index (κ3) is 4.15. The summed E-state index contributed by atoms with van der Waals surface area (Å²) in [6.07, 6.45) is 1.84. The van der Waals surface area contributed by atoms with Gasteiger partial charge in [0.15, 0.2) is 5.78 Å². The standard InChI is InChI=1S/C22H24N2O/c1-16-3-8-21(17(2)13-16)22(25)20-9-11-24(12-10-20)15-19-6-4-18(14-23)5-7-19/h3-8,13,20H,9-12,15H2,1-2H3. The number of rotatable bonds is 4. The summed E-state index contributed by atoms with van der Waals surface area (Å²) in [5, 5.41) is 8.87. The molecule has 0 aliphatic carbocycles. The molecule has 0 amide bonds. The molecule has 0 atom stereocenters. The van der Waals surface area contributed by atoms with Gasteiger partial charge in [-0.3, -0.25) is 9.69 Å². The molecule has 2 aromatic carbocycles. The van der Waals surface area contributed by atoms with Crippen LogP contribution in [-0.4, -0.2) is 23.8 Å². The lowest BCUT2D eigenvalue weighted by molar-refractivity contribution is 0.0834. The molecule has 1 heterocycles. The maximum absolute atomic E-state index is 12.8. The third-order valence-electron chi connectivity index (χ3n) is 5.09. The van der Waals surface area contributed by atoms with Crippen LogP contribution in [0, 0.1) is 31.1 Å². The summed E-state index contributed by atoms with van der Waals surface area (Å²) in [5.74, 6) is 0.439. The normalized spacial score (nSPS) is 15.7. The minimum atomic E-state index is 0.138. The Labute approximate surface area is 149 Å². The molecule has 0 bridgehead atoms. The number of ketones is 1. The van der Waals surface area contributed by atoms with E-state index < -0.39 is 0 Å². The van der Waals surface area contributed by atoms with Crippen molar-refractivity contribution in [3.8, 4) is 6.07 Å². The number of carbonyl (C=O) groups is 1. The zero-order chi connectivity index (χ0) is 17.8. The minimum absolute atomic E-state index is 0.138. The Kier molecular flexibility index (Phi) is 5.31. The molecule has 1 aliphatic heterocycles. The fraction of sp³-hybridized carbons (Fsp3) is 0.364. The zero-order valence-electron chi connectivity index (χ0n) is 15.0. The molecule has 0 saturated carbocycles. The maximum Gasteiger partial charge on any atom is 0.166 e. The summed E-state index contributed by atoms with van der Waals surface area (Å²) in [6.45, 7) is 6.86. The number of hydrogen-bond acceptors (Lipinski definition) is 3. The van der Waals surface area contributed by atoms with E-state index in [9.17, 15) is 4.79 Å². The Balaban J connectivity index is 1.57. The number of piperidine rings is 1. The summed E-state index contributed by atoms with van der Waals surface area (Å²) >= 11 is 0. The van der Waals surface area contributed by atoms with Crippen LogP contribution in [-0.2, 0) is 6.54 Å². The SMILES string of the molecule is Cc1ccc(C(=O)C2CCN(Cc3ccc(C#N)cc3)CC2)c(C)c1. The number of Topliss-reactive ketones (excluding diaryl/α,β-unsaturated/α-hetero) is 1. The third-order valence-corrected chi connectivity index (χ3v) is 5.09. The molecular weight excluding hydrogens is 308 g/mol. The lowest BCUT2D eigenvalue weighted by Gasteiger charge is -2.31. The number of hydrogen-bond donors (Lipinski definition) is 0. The Hall–Kier alpha value is -2.44. The molecular formula is C22H24N2O. The van der Waals surface area contributed by atoms with Crippen LogP contribution in [0.5, 0.6) is 0 Å². The van der Waals surface area contributed by atoms with E-state index in [0.29, 0.717) is 11.3 Å². The smallest absolute Gasteiger partial charge is 0.166 e. The molecule has 1 saturated heterocycles. The van der Waals surface area contributed by atoms with Gasteiger partial charge in [0.05, 0.1) is 11.6 Å². The molecule has 0 unspecified atom stereocenters. The highest BCUT2D eigenvalue weighted by Gasteiger charge is 2.26. The topological polar surface area (TPSA) is 44.1 Å².